The van der Waals surface area contributed by atoms with Gasteiger partial charge in [-0.05, 0) is 58.0 Å². The standard InChI is InChI=1S/C14H25NO/c1-12(16)6-4-5-10-15-11-9-13-7-2-3-8-14(13)15/h13-14H,2-11H2,1H3. The zero-order chi connectivity index (χ0) is 11.4. The topological polar surface area (TPSA) is 20.3 Å². The molecule has 2 fully saturated rings. The fourth-order valence-corrected chi connectivity index (χ4v) is 3.47. The number of carbonyl (C=O) groups is 1. The Kier molecular flexibility index (Phi) is 4.39. The lowest BCUT2D eigenvalue weighted by Gasteiger charge is -2.31. The third-order valence-corrected chi connectivity index (χ3v) is 4.35. The van der Waals surface area contributed by atoms with Gasteiger partial charge in [0.1, 0.15) is 5.78 Å². The second-order valence-electron chi connectivity index (χ2n) is 5.60. The van der Waals surface area contributed by atoms with E-state index in [2.05, 4.69) is 4.90 Å². The number of hydrogen-bond acceptors (Lipinski definition) is 2. The molecule has 1 saturated carbocycles. The monoisotopic (exact) mass is 223 g/mol. The maximum Gasteiger partial charge on any atom is 0.129 e. The van der Waals surface area contributed by atoms with Gasteiger partial charge < -0.3 is 9.69 Å². The molecule has 2 heteroatoms. The van der Waals surface area contributed by atoms with Crippen molar-refractivity contribution in [1.29, 1.82) is 0 Å². The fraction of sp³-hybridized carbons (Fsp3) is 0.929. The van der Waals surface area contributed by atoms with Crippen molar-refractivity contribution in [3.8, 4) is 0 Å². The molecule has 16 heavy (non-hydrogen) atoms. The number of hydrogen-bond donors (Lipinski definition) is 0. The van der Waals surface area contributed by atoms with Crippen molar-refractivity contribution >= 4 is 5.78 Å². The lowest BCUT2D eigenvalue weighted by Crippen LogP contribution is -2.35. The lowest BCUT2D eigenvalue weighted by molar-refractivity contribution is -0.117. The first-order valence-electron chi connectivity index (χ1n) is 7.01. The van der Waals surface area contributed by atoms with E-state index in [0.717, 1.165) is 24.8 Å². The van der Waals surface area contributed by atoms with E-state index in [-0.39, 0.29) is 0 Å². The van der Waals surface area contributed by atoms with E-state index in [1.807, 2.05) is 0 Å². The third kappa shape index (κ3) is 3.07. The van der Waals surface area contributed by atoms with Crippen LogP contribution < -0.4 is 0 Å². The summed E-state index contributed by atoms with van der Waals surface area (Å²) in [7, 11) is 0. The molecule has 0 aromatic rings. The van der Waals surface area contributed by atoms with Crippen LogP contribution in [0.15, 0.2) is 0 Å². The number of nitrogens with zero attached hydrogens (tertiary/aromatic N) is 1. The van der Waals surface area contributed by atoms with Crippen LogP contribution in [-0.2, 0) is 4.79 Å². The van der Waals surface area contributed by atoms with Gasteiger partial charge in [0.25, 0.3) is 0 Å². The van der Waals surface area contributed by atoms with Crippen LogP contribution in [0.25, 0.3) is 0 Å². The summed E-state index contributed by atoms with van der Waals surface area (Å²) in [6, 6.07) is 0.895. The van der Waals surface area contributed by atoms with Gasteiger partial charge in [-0.15, -0.1) is 0 Å². The molecular formula is C14H25NO. The maximum atomic E-state index is 10.9. The van der Waals surface area contributed by atoms with Crippen molar-refractivity contribution in [1.82, 2.24) is 4.90 Å². The molecule has 2 unspecified atom stereocenters. The van der Waals surface area contributed by atoms with Gasteiger partial charge in [0, 0.05) is 12.5 Å². The Hall–Kier alpha value is -0.370. The highest BCUT2D eigenvalue weighted by molar-refractivity contribution is 5.75. The number of fused-ring (bicyclic) bond motifs is 1. The zero-order valence-electron chi connectivity index (χ0n) is 10.6. The predicted octanol–water partition coefficient (Wildman–Crippen LogP) is 3.01. The fourth-order valence-electron chi connectivity index (χ4n) is 3.47. The molecule has 0 bridgehead atoms. The first-order chi connectivity index (χ1) is 7.77. The highest BCUT2D eigenvalue weighted by Crippen LogP contribution is 2.36. The summed E-state index contributed by atoms with van der Waals surface area (Å²) in [5, 5.41) is 0. The number of Topliss-reactive ketones (excluding diaryl/α,β-unsaturated/α-hetero) is 1. The summed E-state index contributed by atoms with van der Waals surface area (Å²) in [4.78, 5) is 13.6. The first kappa shape index (κ1) is 12.1. The normalized spacial score (nSPS) is 30.3. The number of carbonyl (C=O) groups excluding carboxylic acids is 1. The quantitative estimate of drug-likeness (QED) is 0.668. The van der Waals surface area contributed by atoms with Gasteiger partial charge in [0.05, 0.1) is 0 Å². The van der Waals surface area contributed by atoms with E-state index in [0.29, 0.717) is 5.78 Å². The Morgan fingerprint density at radius 1 is 1.19 bits per heavy atom. The van der Waals surface area contributed by atoms with Gasteiger partial charge in [0.2, 0.25) is 0 Å². The van der Waals surface area contributed by atoms with Crippen molar-refractivity contribution < 1.29 is 4.79 Å². The highest BCUT2D eigenvalue weighted by Gasteiger charge is 2.34. The molecule has 2 nitrogen and oxygen atoms in total. The van der Waals surface area contributed by atoms with Crippen molar-refractivity contribution in [3.05, 3.63) is 0 Å². The predicted molar refractivity (Wildman–Crippen MR) is 66.5 cm³/mol. The van der Waals surface area contributed by atoms with Gasteiger partial charge in [-0.2, -0.15) is 0 Å². The summed E-state index contributed by atoms with van der Waals surface area (Å²) in [6.45, 7) is 4.25. The van der Waals surface area contributed by atoms with Gasteiger partial charge in [-0.1, -0.05) is 12.8 Å². The Labute approximate surface area is 99.4 Å². The van der Waals surface area contributed by atoms with Gasteiger partial charge in [-0.3, -0.25) is 0 Å². The molecule has 2 atom stereocenters. The maximum absolute atomic E-state index is 10.9. The summed E-state index contributed by atoms with van der Waals surface area (Å²) in [6.07, 6.45) is 10.3. The van der Waals surface area contributed by atoms with Crippen LogP contribution in [0.2, 0.25) is 0 Å². The van der Waals surface area contributed by atoms with Crippen molar-refractivity contribution in [2.75, 3.05) is 13.1 Å². The number of rotatable bonds is 5. The van der Waals surface area contributed by atoms with Crippen LogP contribution in [0.4, 0.5) is 0 Å². The Bertz CT molecular complexity index is 239. The molecule has 1 saturated heterocycles. The smallest absolute Gasteiger partial charge is 0.129 e. The van der Waals surface area contributed by atoms with Gasteiger partial charge >= 0.3 is 0 Å². The molecule has 0 aromatic heterocycles. The number of ketones is 1. The first-order valence-corrected chi connectivity index (χ1v) is 7.01. The molecule has 2 rings (SSSR count). The zero-order valence-corrected chi connectivity index (χ0v) is 10.6. The lowest BCUT2D eigenvalue weighted by atomic mass is 9.85. The molecule has 0 aromatic carbocycles. The molecule has 1 heterocycles. The van der Waals surface area contributed by atoms with E-state index in [1.165, 1.54) is 51.6 Å². The number of likely N-dealkylation sites (tertiary alicyclic amines) is 1. The SMILES string of the molecule is CC(=O)CCCCN1CCC2CCCCC21. The van der Waals surface area contributed by atoms with Crippen LogP contribution in [0.3, 0.4) is 0 Å². The summed E-state index contributed by atoms with van der Waals surface area (Å²) in [5.74, 6) is 1.35. The molecule has 92 valence electrons. The van der Waals surface area contributed by atoms with Gasteiger partial charge in [0.15, 0.2) is 0 Å². The molecule has 0 amide bonds. The third-order valence-electron chi connectivity index (χ3n) is 4.35. The second-order valence-corrected chi connectivity index (χ2v) is 5.60. The van der Waals surface area contributed by atoms with E-state index in [4.69, 9.17) is 0 Å². The van der Waals surface area contributed by atoms with Crippen molar-refractivity contribution in [3.63, 3.8) is 0 Å². The van der Waals surface area contributed by atoms with Crippen LogP contribution in [0.5, 0.6) is 0 Å². The minimum absolute atomic E-state index is 0.344. The average molecular weight is 223 g/mol. The molecule has 0 spiro atoms. The van der Waals surface area contributed by atoms with Gasteiger partial charge in [-0.25, -0.2) is 0 Å². The molecule has 0 radical (unpaired) electrons. The summed E-state index contributed by atoms with van der Waals surface area (Å²) in [5.41, 5.74) is 0. The Morgan fingerprint density at radius 3 is 2.81 bits per heavy atom. The second kappa shape index (κ2) is 5.81. The highest BCUT2D eigenvalue weighted by atomic mass is 16.1. The largest absolute Gasteiger partial charge is 0.300 e. The van der Waals surface area contributed by atoms with E-state index < -0.39 is 0 Å². The number of unbranched alkanes of at least 4 members (excludes halogenated alkanes) is 1. The molecule has 1 aliphatic carbocycles. The minimum atomic E-state index is 0.344. The van der Waals surface area contributed by atoms with Crippen LogP contribution in [0, 0.1) is 5.92 Å². The summed E-state index contributed by atoms with van der Waals surface area (Å²) >= 11 is 0. The van der Waals surface area contributed by atoms with Crippen LogP contribution in [-0.4, -0.2) is 29.8 Å². The Morgan fingerprint density at radius 2 is 2.00 bits per heavy atom. The van der Waals surface area contributed by atoms with Crippen molar-refractivity contribution in [2.24, 2.45) is 5.92 Å². The molecule has 2 aliphatic rings. The summed E-state index contributed by atoms with van der Waals surface area (Å²) < 4.78 is 0. The van der Waals surface area contributed by atoms with Crippen LogP contribution in [0.1, 0.15) is 58.3 Å². The molecule has 1 aliphatic heterocycles. The van der Waals surface area contributed by atoms with E-state index >= 15 is 0 Å². The van der Waals surface area contributed by atoms with E-state index in [1.54, 1.807) is 6.92 Å². The Balaban J connectivity index is 1.67. The molecular weight excluding hydrogens is 198 g/mol. The van der Waals surface area contributed by atoms with E-state index in [9.17, 15) is 4.79 Å². The minimum Gasteiger partial charge on any atom is -0.300 e. The van der Waals surface area contributed by atoms with Crippen molar-refractivity contribution in [2.45, 2.75) is 64.3 Å². The molecule has 0 N–H and O–H groups in total. The van der Waals surface area contributed by atoms with Crippen LogP contribution >= 0.6 is 0 Å². The average Bonchev–Trinajstić information content (AvgIpc) is 2.68.